The number of aromatic amines is 1. The topological polar surface area (TPSA) is 65.2 Å². The number of urea groups is 1. The van der Waals surface area contributed by atoms with E-state index < -0.39 is 29.3 Å². The SMILES string of the molecule is CC(c1c[nH]c(=O)c2cc(F)c(F)cc12)N(C)C(=O)NCc1ccc(F)cc1. The molecule has 0 saturated heterocycles. The van der Waals surface area contributed by atoms with Gasteiger partial charge >= 0.3 is 6.03 Å². The minimum atomic E-state index is -1.12. The van der Waals surface area contributed by atoms with Gasteiger partial charge in [0.05, 0.1) is 11.4 Å². The van der Waals surface area contributed by atoms with E-state index in [0.29, 0.717) is 5.56 Å². The summed E-state index contributed by atoms with van der Waals surface area (Å²) in [6.45, 7) is 1.90. The maximum absolute atomic E-state index is 13.7. The summed E-state index contributed by atoms with van der Waals surface area (Å²) < 4.78 is 40.2. The van der Waals surface area contributed by atoms with Gasteiger partial charge in [-0.15, -0.1) is 0 Å². The van der Waals surface area contributed by atoms with Crippen LogP contribution in [0.5, 0.6) is 0 Å². The summed E-state index contributed by atoms with van der Waals surface area (Å²) in [4.78, 5) is 28.3. The predicted octanol–water partition coefficient (Wildman–Crippen LogP) is 3.85. The molecule has 28 heavy (non-hydrogen) atoms. The molecular formula is C20H18F3N3O2. The summed E-state index contributed by atoms with van der Waals surface area (Å²) in [7, 11) is 1.54. The number of aromatic nitrogens is 1. The Morgan fingerprint density at radius 1 is 1.11 bits per heavy atom. The van der Waals surface area contributed by atoms with E-state index in [-0.39, 0.29) is 23.1 Å². The van der Waals surface area contributed by atoms with E-state index in [0.717, 1.165) is 17.7 Å². The molecule has 1 atom stereocenters. The molecule has 1 unspecified atom stereocenters. The fourth-order valence-corrected chi connectivity index (χ4v) is 2.91. The van der Waals surface area contributed by atoms with Crippen molar-refractivity contribution in [2.24, 2.45) is 0 Å². The van der Waals surface area contributed by atoms with Gasteiger partial charge in [0.25, 0.3) is 5.56 Å². The first-order valence-corrected chi connectivity index (χ1v) is 8.53. The minimum absolute atomic E-state index is 0.00312. The van der Waals surface area contributed by atoms with Crippen molar-refractivity contribution < 1.29 is 18.0 Å². The van der Waals surface area contributed by atoms with Gasteiger partial charge in [-0.3, -0.25) is 4.79 Å². The highest BCUT2D eigenvalue weighted by Crippen LogP contribution is 2.26. The van der Waals surface area contributed by atoms with Crippen molar-refractivity contribution in [3.8, 4) is 0 Å². The molecule has 0 aliphatic rings. The maximum Gasteiger partial charge on any atom is 0.317 e. The number of carbonyl (C=O) groups is 1. The Balaban J connectivity index is 1.82. The second kappa shape index (κ2) is 7.75. The van der Waals surface area contributed by atoms with Crippen molar-refractivity contribution in [1.29, 1.82) is 0 Å². The van der Waals surface area contributed by atoms with Crippen molar-refractivity contribution >= 4 is 16.8 Å². The van der Waals surface area contributed by atoms with Crippen molar-refractivity contribution in [3.05, 3.63) is 81.5 Å². The van der Waals surface area contributed by atoms with Crippen molar-refractivity contribution in [3.63, 3.8) is 0 Å². The molecular weight excluding hydrogens is 371 g/mol. The Hall–Kier alpha value is -3.29. The maximum atomic E-state index is 13.7. The number of fused-ring (bicyclic) bond motifs is 1. The van der Waals surface area contributed by atoms with Crippen LogP contribution in [0.25, 0.3) is 10.8 Å². The van der Waals surface area contributed by atoms with E-state index in [4.69, 9.17) is 0 Å². The predicted molar refractivity (Wildman–Crippen MR) is 99.3 cm³/mol. The highest BCUT2D eigenvalue weighted by Gasteiger charge is 2.21. The summed E-state index contributed by atoms with van der Waals surface area (Å²) >= 11 is 0. The van der Waals surface area contributed by atoms with Crippen LogP contribution in [0.4, 0.5) is 18.0 Å². The molecule has 0 fully saturated rings. The molecule has 8 heteroatoms. The Labute approximate surface area is 158 Å². The van der Waals surface area contributed by atoms with Gasteiger partial charge in [0.1, 0.15) is 5.82 Å². The van der Waals surface area contributed by atoms with Gasteiger partial charge in [0, 0.05) is 19.8 Å². The molecule has 0 aliphatic heterocycles. The standard InChI is InChI=1S/C20H18F3N3O2/c1-11(26(2)20(28)25-9-12-3-5-13(21)6-4-12)16-10-24-19(27)15-8-18(23)17(22)7-14(15)16/h3-8,10-11H,9H2,1-2H3,(H,24,27)(H,25,28). The molecule has 5 nitrogen and oxygen atoms in total. The highest BCUT2D eigenvalue weighted by atomic mass is 19.2. The van der Waals surface area contributed by atoms with Crippen LogP contribution in [0.2, 0.25) is 0 Å². The number of halogens is 3. The second-order valence-electron chi connectivity index (χ2n) is 6.46. The van der Waals surface area contributed by atoms with Crippen LogP contribution >= 0.6 is 0 Å². The molecule has 0 radical (unpaired) electrons. The average molecular weight is 389 g/mol. The Morgan fingerprint density at radius 2 is 1.71 bits per heavy atom. The van der Waals surface area contributed by atoms with Crippen LogP contribution in [0.1, 0.15) is 24.1 Å². The van der Waals surface area contributed by atoms with Gasteiger partial charge < -0.3 is 15.2 Å². The number of carbonyl (C=O) groups excluding carboxylic acids is 1. The zero-order valence-corrected chi connectivity index (χ0v) is 15.2. The summed E-state index contributed by atoms with van der Waals surface area (Å²) in [5.41, 5.74) is 0.643. The molecule has 2 amide bonds. The smallest absolute Gasteiger partial charge is 0.317 e. The van der Waals surface area contributed by atoms with Crippen LogP contribution in [0, 0.1) is 17.5 Å². The van der Waals surface area contributed by atoms with Crippen LogP contribution < -0.4 is 10.9 Å². The summed E-state index contributed by atoms with van der Waals surface area (Å²) in [5, 5.41) is 2.94. The lowest BCUT2D eigenvalue weighted by Gasteiger charge is -2.26. The van der Waals surface area contributed by atoms with Crippen molar-refractivity contribution in [2.45, 2.75) is 19.5 Å². The number of rotatable bonds is 4. The van der Waals surface area contributed by atoms with Gasteiger partial charge in [-0.25, -0.2) is 18.0 Å². The summed E-state index contributed by atoms with van der Waals surface area (Å²) in [5.74, 6) is -2.56. The van der Waals surface area contributed by atoms with E-state index in [1.165, 1.54) is 23.2 Å². The van der Waals surface area contributed by atoms with Gasteiger partial charge in [0.2, 0.25) is 0 Å². The fraction of sp³-hybridized carbons (Fsp3) is 0.200. The van der Waals surface area contributed by atoms with Crippen LogP contribution in [0.15, 0.2) is 47.4 Å². The molecule has 0 aliphatic carbocycles. The molecule has 1 heterocycles. The van der Waals surface area contributed by atoms with Gasteiger partial charge in [-0.05, 0) is 47.7 Å². The number of benzene rings is 2. The Bertz CT molecular complexity index is 1080. The third-order valence-electron chi connectivity index (χ3n) is 4.68. The lowest BCUT2D eigenvalue weighted by atomic mass is 10.0. The lowest BCUT2D eigenvalue weighted by Crippen LogP contribution is -2.38. The van der Waals surface area contributed by atoms with E-state index in [1.54, 1.807) is 26.1 Å². The van der Waals surface area contributed by atoms with Crippen LogP contribution in [-0.2, 0) is 6.54 Å². The van der Waals surface area contributed by atoms with Gasteiger partial charge in [0.15, 0.2) is 11.6 Å². The zero-order valence-electron chi connectivity index (χ0n) is 15.2. The van der Waals surface area contributed by atoms with E-state index in [2.05, 4.69) is 10.3 Å². The number of hydrogen-bond donors (Lipinski definition) is 2. The van der Waals surface area contributed by atoms with E-state index in [1.807, 2.05) is 0 Å². The number of nitrogens with one attached hydrogen (secondary N) is 2. The first-order chi connectivity index (χ1) is 13.3. The molecule has 2 N–H and O–H groups in total. The number of nitrogens with zero attached hydrogens (tertiary/aromatic N) is 1. The van der Waals surface area contributed by atoms with Crippen molar-refractivity contribution in [2.75, 3.05) is 7.05 Å². The first-order valence-electron chi connectivity index (χ1n) is 8.53. The third-order valence-corrected chi connectivity index (χ3v) is 4.68. The lowest BCUT2D eigenvalue weighted by molar-refractivity contribution is 0.194. The summed E-state index contributed by atoms with van der Waals surface area (Å²) in [6.07, 6.45) is 1.39. The molecule has 2 aromatic carbocycles. The number of hydrogen-bond acceptors (Lipinski definition) is 2. The van der Waals surface area contributed by atoms with Gasteiger partial charge in [-0.2, -0.15) is 0 Å². The van der Waals surface area contributed by atoms with E-state index in [9.17, 15) is 22.8 Å². The van der Waals surface area contributed by atoms with E-state index >= 15 is 0 Å². The van der Waals surface area contributed by atoms with Crippen LogP contribution in [0.3, 0.4) is 0 Å². The quantitative estimate of drug-likeness (QED) is 0.712. The fourth-order valence-electron chi connectivity index (χ4n) is 2.91. The van der Waals surface area contributed by atoms with Crippen LogP contribution in [-0.4, -0.2) is 23.0 Å². The second-order valence-corrected chi connectivity index (χ2v) is 6.46. The number of amides is 2. The molecule has 0 bridgehead atoms. The highest BCUT2D eigenvalue weighted by molar-refractivity contribution is 5.86. The molecule has 0 spiro atoms. The Morgan fingerprint density at radius 3 is 2.36 bits per heavy atom. The first kappa shape index (κ1) is 19.5. The molecule has 1 aromatic heterocycles. The monoisotopic (exact) mass is 389 g/mol. The molecule has 3 aromatic rings. The third kappa shape index (κ3) is 3.85. The molecule has 146 valence electrons. The normalized spacial score (nSPS) is 12.0. The average Bonchev–Trinajstić information content (AvgIpc) is 2.68. The molecule has 3 rings (SSSR count). The van der Waals surface area contributed by atoms with Crippen molar-refractivity contribution in [1.82, 2.24) is 15.2 Å². The zero-order chi connectivity index (χ0) is 20.4. The molecule has 0 saturated carbocycles. The Kier molecular flexibility index (Phi) is 5.39. The largest absolute Gasteiger partial charge is 0.334 e. The minimum Gasteiger partial charge on any atom is -0.334 e. The number of H-pyrrole nitrogens is 1. The number of pyridine rings is 1. The van der Waals surface area contributed by atoms with Gasteiger partial charge in [-0.1, -0.05) is 12.1 Å². The summed E-state index contributed by atoms with van der Waals surface area (Å²) in [6, 6.07) is 6.56.